The molecular weight excluding hydrogens is 316 g/mol. The number of hydrogen-bond acceptors (Lipinski definition) is 4. The van der Waals surface area contributed by atoms with Crippen molar-refractivity contribution in [2.45, 2.75) is 58.8 Å². The average Bonchev–Trinajstić information content (AvgIpc) is 3.11. The number of hydrogen-bond donors (Lipinski definition) is 1. The van der Waals surface area contributed by atoms with Gasteiger partial charge >= 0.3 is 5.97 Å². The maximum atomic E-state index is 11.1. The van der Waals surface area contributed by atoms with Gasteiger partial charge < -0.3 is 5.11 Å². The van der Waals surface area contributed by atoms with Gasteiger partial charge in [-0.05, 0) is 51.2 Å². The topological polar surface area (TPSA) is 80.9 Å². The van der Waals surface area contributed by atoms with Gasteiger partial charge in [0.2, 0.25) is 0 Å². The highest BCUT2D eigenvalue weighted by molar-refractivity contribution is 5.78. The predicted octanol–water partition coefficient (Wildman–Crippen LogP) is 3.18. The van der Waals surface area contributed by atoms with Crippen LogP contribution >= 0.6 is 0 Å². The molecule has 1 N–H and O–H groups in total. The quantitative estimate of drug-likeness (QED) is 0.926. The van der Waals surface area contributed by atoms with Gasteiger partial charge in [0, 0.05) is 24.1 Å². The summed E-state index contributed by atoms with van der Waals surface area (Å²) in [6, 6.07) is 2.00. The molecule has 2 aromatic heterocycles. The molecule has 0 fully saturated rings. The van der Waals surface area contributed by atoms with E-state index < -0.39 is 5.97 Å². The second kappa shape index (κ2) is 6.10. The zero-order valence-corrected chi connectivity index (χ0v) is 14.7. The molecule has 0 bridgehead atoms. The minimum atomic E-state index is -0.795. The highest BCUT2D eigenvalue weighted by Crippen LogP contribution is 2.42. The van der Waals surface area contributed by atoms with E-state index in [1.807, 2.05) is 19.9 Å². The van der Waals surface area contributed by atoms with Crippen LogP contribution in [0, 0.1) is 13.8 Å². The number of rotatable bonds is 4. The molecule has 130 valence electrons. The van der Waals surface area contributed by atoms with Crippen molar-refractivity contribution in [3.8, 4) is 5.95 Å². The van der Waals surface area contributed by atoms with Gasteiger partial charge in [0.1, 0.15) is 0 Å². The van der Waals surface area contributed by atoms with E-state index in [2.05, 4.69) is 5.10 Å². The summed E-state index contributed by atoms with van der Waals surface area (Å²) in [6.07, 6.45) is 6.00. The van der Waals surface area contributed by atoms with Crippen LogP contribution in [0.25, 0.3) is 11.5 Å². The highest BCUT2D eigenvalue weighted by Gasteiger charge is 2.29. The zero-order chi connectivity index (χ0) is 17.6. The largest absolute Gasteiger partial charge is 0.481 e. The Morgan fingerprint density at radius 3 is 2.76 bits per heavy atom. The van der Waals surface area contributed by atoms with E-state index in [4.69, 9.17) is 15.1 Å². The van der Waals surface area contributed by atoms with Gasteiger partial charge in [0.25, 0.3) is 5.95 Å². The summed E-state index contributed by atoms with van der Waals surface area (Å²) in [5.74, 6) is -0.236. The molecule has 0 radical (unpaired) electrons. The van der Waals surface area contributed by atoms with Gasteiger partial charge in [-0.1, -0.05) is 5.57 Å². The third-order valence-corrected chi connectivity index (χ3v) is 5.09. The van der Waals surface area contributed by atoms with E-state index in [-0.39, 0.29) is 6.42 Å². The van der Waals surface area contributed by atoms with Gasteiger partial charge in [-0.3, -0.25) is 4.79 Å². The monoisotopic (exact) mass is 338 g/mol. The molecule has 2 heterocycles. The fourth-order valence-electron chi connectivity index (χ4n) is 4.02. The molecule has 4 rings (SSSR count). The molecule has 25 heavy (non-hydrogen) atoms. The number of carboxylic acid groups (broad SMARTS) is 1. The number of carbonyl (C=O) groups is 1. The molecule has 6 heteroatoms. The fraction of sp³-hybridized carbons (Fsp3) is 0.474. The van der Waals surface area contributed by atoms with E-state index in [0.717, 1.165) is 47.6 Å². The summed E-state index contributed by atoms with van der Waals surface area (Å²) < 4.78 is 1.76. The number of aromatic nitrogens is 4. The van der Waals surface area contributed by atoms with Crippen LogP contribution in [0.1, 0.15) is 60.4 Å². The van der Waals surface area contributed by atoms with Crippen LogP contribution < -0.4 is 0 Å². The average molecular weight is 338 g/mol. The Kier molecular flexibility index (Phi) is 3.90. The molecule has 2 aromatic rings. The van der Waals surface area contributed by atoms with Crippen LogP contribution in [0.15, 0.2) is 11.6 Å². The second-order valence-electron chi connectivity index (χ2n) is 6.99. The molecule has 0 saturated heterocycles. The van der Waals surface area contributed by atoms with E-state index in [0.29, 0.717) is 12.4 Å². The predicted molar refractivity (Wildman–Crippen MR) is 93.7 cm³/mol. The molecule has 6 nitrogen and oxygen atoms in total. The molecule has 0 aromatic carbocycles. The SMILES string of the molecule is Cc1cc(C)n(-c2nc(CCC(=O)O)c3c(n2)CC2=C3CCCC2)n1. The Hall–Kier alpha value is -2.50. The van der Waals surface area contributed by atoms with Crippen molar-refractivity contribution in [2.75, 3.05) is 0 Å². The minimum Gasteiger partial charge on any atom is -0.481 e. The molecule has 0 atom stereocenters. The van der Waals surface area contributed by atoms with E-state index in [1.165, 1.54) is 24.0 Å². The van der Waals surface area contributed by atoms with Gasteiger partial charge in [-0.25, -0.2) is 14.6 Å². The molecule has 0 aliphatic heterocycles. The lowest BCUT2D eigenvalue weighted by Gasteiger charge is -2.16. The summed E-state index contributed by atoms with van der Waals surface area (Å²) in [7, 11) is 0. The number of allylic oxidation sites excluding steroid dienone is 2. The summed E-state index contributed by atoms with van der Waals surface area (Å²) in [6.45, 7) is 3.93. The van der Waals surface area contributed by atoms with E-state index in [9.17, 15) is 4.79 Å². The van der Waals surface area contributed by atoms with Crippen LogP contribution in [-0.2, 0) is 17.6 Å². The van der Waals surface area contributed by atoms with Crippen molar-refractivity contribution in [3.63, 3.8) is 0 Å². The second-order valence-corrected chi connectivity index (χ2v) is 6.99. The molecule has 0 unspecified atom stereocenters. The van der Waals surface area contributed by atoms with Crippen LogP contribution in [0.2, 0.25) is 0 Å². The van der Waals surface area contributed by atoms with Gasteiger partial charge in [0.05, 0.1) is 23.5 Å². The van der Waals surface area contributed by atoms with Crippen LogP contribution in [0.3, 0.4) is 0 Å². The third kappa shape index (κ3) is 2.86. The van der Waals surface area contributed by atoms with E-state index in [1.54, 1.807) is 4.68 Å². The lowest BCUT2D eigenvalue weighted by molar-refractivity contribution is -0.136. The summed E-state index contributed by atoms with van der Waals surface area (Å²) in [5, 5.41) is 13.6. The molecule has 0 amide bonds. The van der Waals surface area contributed by atoms with Crippen molar-refractivity contribution in [1.82, 2.24) is 19.7 Å². The first-order valence-electron chi connectivity index (χ1n) is 8.89. The fourth-order valence-corrected chi connectivity index (χ4v) is 4.02. The van der Waals surface area contributed by atoms with E-state index >= 15 is 0 Å². The smallest absolute Gasteiger partial charge is 0.303 e. The van der Waals surface area contributed by atoms with Crippen molar-refractivity contribution in [3.05, 3.63) is 40.0 Å². The Morgan fingerprint density at radius 2 is 2.04 bits per heavy atom. The lowest BCUT2D eigenvalue weighted by atomic mass is 9.91. The van der Waals surface area contributed by atoms with Crippen LogP contribution in [0.4, 0.5) is 0 Å². The Bertz CT molecular complexity index is 895. The van der Waals surface area contributed by atoms with Crippen molar-refractivity contribution in [2.24, 2.45) is 0 Å². The number of nitrogens with zero attached hydrogens (tertiary/aromatic N) is 4. The number of aliphatic carboxylic acids is 1. The standard InChI is InChI=1S/C19H22N4O2/c1-11-9-12(2)23(22-11)19-20-15(7-8-17(24)25)18-14-6-4-3-5-13(14)10-16(18)21-19/h9H,3-8,10H2,1-2H3,(H,24,25). The maximum absolute atomic E-state index is 11.1. The first-order valence-corrected chi connectivity index (χ1v) is 8.89. The molecular formula is C19H22N4O2. The summed E-state index contributed by atoms with van der Waals surface area (Å²) >= 11 is 0. The number of aryl methyl sites for hydroxylation is 3. The minimum absolute atomic E-state index is 0.0859. The summed E-state index contributed by atoms with van der Waals surface area (Å²) in [4.78, 5) is 20.6. The molecule has 0 saturated carbocycles. The van der Waals surface area contributed by atoms with Gasteiger partial charge in [-0.15, -0.1) is 0 Å². The Labute approximate surface area is 146 Å². The molecule has 0 spiro atoms. The normalized spacial score (nSPS) is 16.1. The Morgan fingerprint density at radius 1 is 1.24 bits per heavy atom. The summed E-state index contributed by atoms with van der Waals surface area (Å²) in [5.41, 5.74) is 7.79. The van der Waals surface area contributed by atoms with Crippen molar-refractivity contribution in [1.29, 1.82) is 0 Å². The van der Waals surface area contributed by atoms with Gasteiger partial charge in [0.15, 0.2) is 0 Å². The first kappa shape index (κ1) is 16.0. The van der Waals surface area contributed by atoms with Crippen molar-refractivity contribution >= 4 is 11.5 Å². The maximum Gasteiger partial charge on any atom is 0.303 e. The van der Waals surface area contributed by atoms with Crippen LogP contribution in [0.5, 0.6) is 0 Å². The highest BCUT2D eigenvalue weighted by atomic mass is 16.4. The Balaban J connectivity index is 1.82. The van der Waals surface area contributed by atoms with Crippen LogP contribution in [-0.4, -0.2) is 30.8 Å². The third-order valence-electron chi connectivity index (χ3n) is 5.09. The zero-order valence-electron chi connectivity index (χ0n) is 14.7. The number of carboxylic acids is 1. The first-order chi connectivity index (χ1) is 12.0. The van der Waals surface area contributed by atoms with Gasteiger partial charge in [-0.2, -0.15) is 5.10 Å². The molecule has 2 aliphatic rings. The van der Waals surface area contributed by atoms with Crippen molar-refractivity contribution < 1.29 is 9.90 Å². The number of fused-ring (bicyclic) bond motifs is 2. The lowest BCUT2D eigenvalue weighted by Crippen LogP contribution is -2.12. The molecule has 2 aliphatic carbocycles.